The molecule has 13 heteroatoms. The Kier molecular flexibility index (Phi) is 7.79. The van der Waals surface area contributed by atoms with Crippen LogP contribution in [0.3, 0.4) is 0 Å². The number of halogens is 5. The van der Waals surface area contributed by atoms with E-state index < -0.39 is 47.4 Å². The van der Waals surface area contributed by atoms with Gasteiger partial charge in [-0.1, -0.05) is 0 Å². The third-order valence-electron chi connectivity index (χ3n) is 5.54. The Bertz CT molecular complexity index is 1110. The van der Waals surface area contributed by atoms with E-state index >= 15 is 0 Å². The molecule has 3 rings (SSSR count). The summed E-state index contributed by atoms with van der Waals surface area (Å²) in [4.78, 5) is 28.5. The molecule has 0 saturated carbocycles. The number of benzene rings is 1. The Morgan fingerprint density at radius 1 is 1.25 bits per heavy atom. The predicted molar refractivity (Wildman–Crippen MR) is 119 cm³/mol. The topological polar surface area (TPSA) is 96.7 Å². The molecule has 2 atom stereocenters. The first-order valence-corrected chi connectivity index (χ1v) is 11.2. The van der Waals surface area contributed by atoms with Crippen LogP contribution in [0.25, 0.3) is 11.3 Å². The normalized spacial score (nSPS) is 18.7. The molecule has 1 aliphatic rings. The van der Waals surface area contributed by atoms with Gasteiger partial charge in [0, 0.05) is 31.4 Å². The van der Waals surface area contributed by atoms with Crippen molar-refractivity contribution in [3.8, 4) is 11.3 Å². The van der Waals surface area contributed by atoms with Gasteiger partial charge in [0.25, 0.3) is 0 Å². The van der Waals surface area contributed by atoms with Gasteiger partial charge >= 0.3 is 18.4 Å². The van der Waals surface area contributed by atoms with Crippen LogP contribution >= 0.6 is 0 Å². The first-order chi connectivity index (χ1) is 16.7. The number of amides is 2. The number of hydrogen-bond donors (Lipinski definition) is 2. The van der Waals surface area contributed by atoms with Crippen molar-refractivity contribution in [2.75, 3.05) is 19.6 Å². The van der Waals surface area contributed by atoms with Crippen LogP contribution < -0.4 is 5.32 Å². The number of piperidine rings is 1. The molecule has 2 aromatic rings. The van der Waals surface area contributed by atoms with Crippen molar-refractivity contribution in [3.63, 3.8) is 0 Å². The molecule has 0 radical (unpaired) electrons. The Morgan fingerprint density at radius 3 is 2.53 bits per heavy atom. The highest BCUT2D eigenvalue weighted by molar-refractivity contribution is 5.67. The Hall–Kier alpha value is -3.38. The molecule has 1 saturated heterocycles. The van der Waals surface area contributed by atoms with Crippen LogP contribution in [-0.4, -0.2) is 63.2 Å². The van der Waals surface area contributed by atoms with Crippen LogP contribution in [0.1, 0.15) is 44.5 Å². The summed E-state index contributed by atoms with van der Waals surface area (Å²) in [5.74, 6) is -2.08. The Morgan fingerprint density at radius 2 is 1.94 bits per heavy atom. The highest BCUT2D eigenvalue weighted by Gasteiger charge is 2.37. The van der Waals surface area contributed by atoms with Crippen molar-refractivity contribution in [2.45, 2.75) is 57.6 Å². The number of nitrogens with one attached hydrogen (secondary N) is 1. The van der Waals surface area contributed by atoms with Crippen molar-refractivity contribution in [3.05, 3.63) is 41.6 Å². The maximum Gasteiger partial charge on any atom is 0.419 e. The van der Waals surface area contributed by atoms with E-state index in [-0.39, 0.29) is 49.7 Å². The van der Waals surface area contributed by atoms with Crippen molar-refractivity contribution in [1.82, 2.24) is 19.8 Å². The second-order valence-electron chi connectivity index (χ2n) is 9.44. The minimum absolute atomic E-state index is 0.0257. The van der Waals surface area contributed by atoms with Gasteiger partial charge in [-0.25, -0.2) is 23.4 Å². The largest absolute Gasteiger partial charge is 0.465 e. The van der Waals surface area contributed by atoms with Crippen LogP contribution in [0.5, 0.6) is 0 Å². The third-order valence-corrected chi connectivity index (χ3v) is 5.54. The number of likely N-dealkylation sites (tertiary alicyclic amines) is 1. The number of imidazole rings is 1. The smallest absolute Gasteiger partial charge is 0.419 e. The molecule has 1 aromatic carbocycles. The Labute approximate surface area is 204 Å². The van der Waals surface area contributed by atoms with Crippen LogP contribution in [-0.2, 0) is 17.5 Å². The van der Waals surface area contributed by atoms with E-state index in [9.17, 15) is 31.5 Å². The van der Waals surface area contributed by atoms with Gasteiger partial charge < -0.3 is 24.6 Å². The number of carbonyl (C=O) groups is 2. The Balaban J connectivity index is 1.90. The zero-order chi connectivity index (χ0) is 26.8. The lowest BCUT2D eigenvalue weighted by Crippen LogP contribution is -2.44. The molecular formula is C23H27F5N4O4. The summed E-state index contributed by atoms with van der Waals surface area (Å²) in [5, 5.41) is 11.7. The second kappa shape index (κ2) is 10.3. The minimum atomic E-state index is -4.92. The number of carbonyl (C=O) groups excluding carboxylic acids is 1. The number of carboxylic acid groups (broad SMARTS) is 1. The molecule has 1 aromatic heterocycles. The van der Waals surface area contributed by atoms with Gasteiger partial charge in [0.1, 0.15) is 23.4 Å². The fourth-order valence-electron chi connectivity index (χ4n) is 3.91. The van der Waals surface area contributed by atoms with Crippen LogP contribution in [0.15, 0.2) is 24.4 Å². The predicted octanol–water partition coefficient (Wildman–Crippen LogP) is 5.04. The van der Waals surface area contributed by atoms with Gasteiger partial charge in [-0.2, -0.15) is 13.2 Å². The summed E-state index contributed by atoms with van der Waals surface area (Å²) < 4.78 is 75.1. The highest BCUT2D eigenvalue weighted by atomic mass is 19.4. The molecule has 198 valence electrons. The number of nitrogens with zero attached hydrogens (tertiary/aromatic N) is 3. The zero-order valence-electron chi connectivity index (χ0n) is 19.9. The van der Waals surface area contributed by atoms with Gasteiger partial charge in [0.2, 0.25) is 0 Å². The SMILES string of the molecule is CC(C)(C)OC(=O)NCCn1cc(-c2ccc(F)c(C(F)(F)F)c2)nc1C1CCN(C(=O)O)CC1F. The number of ether oxygens (including phenoxy) is 1. The van der Waals surface area contributed by atoms with Crippen LogP contribution in [0, 0.1) is 5.82 Å². The molecule has 0 aliphatic carbocycles. The van der Waals surface area contributed by atoms with Crippen molar-refractivity contribution >= 4 is 12.2 Å². The average Bonchev–Trinajstić information content (AvgIpc) is 3.15. The van der Waals surface area contributed by atoms with E-state index in [2.05, 4.69) is 10.3 Å². The van der Waals surface area contributed by atoms with E-state index in [0.29, 0.717) is 12.1 Å². The molecule has 2 heterocycles. The lowest BCUT2D eigenvalue weighted by atomic mass is 9.94. The fourth-order valence-corrected chi connectivity index (χ4v) is 3.91. The van der Waals surface area contributed by atoms with E-state index in [1.165, 1.54) is 10.8 Å². The standard InChI is InChI=1S/C23H27F5N4O4/c1-22(2,3)36-20(33)29-7-9-31-12-18(13-4-5-16(24)15(10-13)23(26,27)28)30-19(31)14-6-8-32(21(34)35)11-17(14)25/h4-5,10,12,14,17H,6-9,11H2,1-3H3,(H,29,33)(H,34,35). The number of hydrogen-bond acceptors (Lipinski definition) is 4. The van der Waals surface area contributed by atoms with Crippen LogP contribution in [0.2, 0.25) is 0 Å². The second-order valence-corrected chi connectivity index (χ2v) is 9.44. The third kappa shape index (κ3) is 6.64. The lowest BCUT2D eigenvalue weighted by molar-refractivity contribution is -0.139. The van der Waals surface area contributed by atoms with E-state index in [1.807, 2.05) is 0 Å². The van der Waals surface area contributed by atoms with Gasteiger partial charge in [-0.3, -0.25) is 0 Å². The van der Waals surface area contributed by atoms with Crippen molar-refractivity contribution in [1.29, 1.82) is 0 Å². The maximum absolute atomic E-state index is 15.0. The molecule has 2 unspecified atom stereocenters. The summed E-state index contributed by atoms with van der Waals surface area (Å²) in [6.45, 7) is 4.86. The molecule has 8 nitrogen and oxygen atoms in total. The summed E-state index contributed by atoms with van der Waals surface area (Å²) in [6, 6.07) is 2.45. The molecule has 0 spiro atoms. The van der Waals surface area contributed by atoms with E-state index in [4.69, 9.17) is 9.84 Å². The van der Waals surface area contributed by atoms with Crippen LogP contribution in [0.4, 0.5) is 31.5 Å². The van der Waals surface area contributed by atoms with E-state index in [1.54, 1.807) is 20.8 Å². The van der Waals surface area contributed by atoms with E-state index in [0.717, 1.165) is 11.0 Å². The molecule has 1 fully saturated rings. The fraction of sp³-hybridized carbons (Fsp3) is 0.522. The van der Waals surface area contributed by atoms with Gasteiger partial charge in [0.05, 0.1) is 23.7 Å². The average molecular weight is 518 g/mol. The summed E-state index contributed by atoms with van der Waals surface area (Å²) >= 11 is 0. The zero-order valence-corrected chi connectivity index (χ0v) is 19.9. The monoisotopic (exact) mass is 518 g/mol. The first-order valence-electron chi connectivity index (χ1n) is 11.2. The summed E-state index contributed by atoms with van der Waals surface area (Å²) in [5.41, 5.74) is -2.15. The quantitative estimate of drug-likeness (QED) is 0.541. The lowest BCUT2D eigenvalue weighted by Gasteiger charge is -2.32. The van der Waals surface area contributed by atoms with Crippen molar-refractivity contribution < 1.29 is 41.4 Å². The van der Waals surface area contributed by atoms with Crippen molar-refractivity contribution in [2.24, 2.45) is 0 Å². The van der Waals surface area contributed by atoms with Gasteiger partial charge in [0.15, 0.2) is 0 Å². The number of alkyl carbamates (subject to hydrolysis) is 1. The summed E-state index contributed by atoms with van der Waals surface area (Å²) in [7, 11) is 0. The molecule has 36 heavy (non-hydrogen) atoms. The molecular weight excluding hydrogens is 491 g/mol. The molecule has 0 bridgehead atoms. The minimum Gasteiger partial charge on any atom is -0.465 e. The first kappa shape index (κ1) is 27.2. The van der Waals surface area contributed by atoms with Gasteiger partial charge in [-0.05, 0) is 45.4 Å². The molecule has 2 amide bonds. The number of alkyl halides is 4. The molecule has 1 aliphatic heterocycles. The summed E-state index contributed by atoms with van der Waals surface area (Å²) in [6.07, 6.45) is -6.97. The maximum atomic E-state index is 15.0. The van der Waals surface area contributed by atoms with Gasteiger partial charge in [-0.15, -0.1) is 0 Å². The molecule has 2 N–H and O–H groups in total. The number of rotatable bonds is 5. The number of aromatic nitrogens is 2. The highest BCUT2D eigenvalue weighted by Crippen LogP contribution is 2.36.